The van der Waals surface area contributed by atoms with Crippen molar-refractivity contribution in [2.45, 2.75) is 0 Å². The van der Waals surface area contributed by atoms with E-state index < -0.39 is 144 Å². The van der Waals surface area contributed by atoms with Crippen LogP contribution in [-0.2, 0) is 0 Å². The standard InChI is InChI=1S/C48H30N2S/c1-3-12-31(13-4-1)36-18-11-21-46-48(36)39-25-24-35(30-47(39)51-46)50-43-20-10-8-17-38(43)41-29-33(23-27-45(41)50)32-22-26-44-40(28-32)37-16-7-9-19-42(37)49(44)34-14-5-2-6-15-34/h1-30H/i1D,3D,4D,7D,8D,9D,10D,11D,12D,16D,17D,18D,19D,21D,22D,23D,24D,25D,26D,28D,29D,30D. The minimum Gasteiger partial charge on any atom is -0.309 e. The van der Waals surface area contributed by atoms with Gasteiger partial charge in [-0.3, -0.25) is 0 Å². The summed E-state index contributed by atoms with van der Waals surface area (Å²) in [6.45, 7) is 0. The Bertz CT molecular complexity index is 4400. The van der Waals surface area contributed by atoms with E-state index in [0.29, 0.717) is 5.69 Å². The molecule has 0 aliphatic heterocycles. The summed E-state index contributed by atoms with van der Waals surface area (Å²) < 4.78 is 201. The fraction of sp³-hybridized carbons (Fsp3) is 0. The second kappa shape index (κ2) is 11.0. The van der Waals surface area contributed by atoms with Gasteiger partial charge in [0.2, 0.25) is 0 Å². The number of hydrogen-bond donors (Lipinski definition) is 0. The highest BCUT2D eigenvalue weighted by molar-refractivity contribution is 7.26. The van der Waals surface area contributed by atoms with Crippen LogP contribution in [0, 0.1) is 0 Å². The van der Waals surface area contributed by atoms with Crippen molar-refractivity contribution in [1.29, 1.82) is 0 Å². The molecule has 0 atom stereocenters. The Morgan fingerprint density at radius 1 is 0.392 bits per heavy atom. The van der Waals surface area contributed by atoms with Gasteiger partial charge in [-0.1, -0.05) is 115 Å². The Morgan fingerprint density at radius 3 is 2.04 bits per heavy atom. The van der Waals surface area contributed by atoms with Crippen LogP contribution in [0.4, 0.5) is 0 Å². The van der Waals surface area contributed by atoms with Gasteiger partial charge in [0, 0.05) is 53.1 Å². The van der Waals surface area contributed by atoms with Crippen LogP contribution < -0.4 is 0 Å². The van der Waals surface area contributed by atoms with Crippen LogP contribution in [0.15, 0.2) is 181 Å². The van der Waals surface area contributed by atoms with Gasteiger partial charge in [-0.2, -0.15) is 0 Å². The Morgan fingerprint density at radius 2 is 1.12 bits per heavy atom. The van der Waals surface area contributed by atoms with Crippen molar-refractivity contribution < 1.29 is 30.2 Å². The van der Waals surface area contributed by atoms with E-state index in [2.05, 4.69) is 0 Å². The van der Waals surface area contributed by atoms with E-state index in [1.165, 1.54) is 15.2 Å². The van der Waals surface area contributed by atoms with Crippen LogP contribution in [0.1, 0.15) is 30.2 Å². The molecule has 0 amide bonds. The van der Waals surface area contributed by atoms with Crippen molar-refractivity contribution in [2.24, 2.45) is 0 Å². The van der Waals surface area contributed by atoms with Crippen molar-refractivity contribution in [1.82, 2.24) is 9.13 Å². The van der Waals surface area contributed by atoms with Crippen LogP contribution in [0.3, 0.4) is 0 Å². The molecular weight excluding hydrogens is 637 g/mol. The van der Waals surface area contributed by atoms with Crippen molar-refractivity contribution in [3.8, 4) is 33.6 Å². The number of aromatic nitrogens is 2. The average molecular weight is 689 g/mol. The molecule has 2 nitrogen and oxygen atoms in total. The average Bonchev–Trinajstić information content (AvgIpc) is 4.04. The van der Waals surface area contributed by atoms with E-state index in [9.17, 15) is 12.3 Å². The van der Waals surface area contributed by atoms with Gasteiger partial charge >= 0.3 is 0 Å². The lowest BCUT2D eigenvalue weighted by Gasteiger charge is -2.10. The lowest BCUT2D eigenvalue weighted by molar-refractivity contribution is 1.18. The molecule has 3 heteroatoms. The first-order valence-corrected chi connectivity index (χ1v) is 16.5. The first-order chi connectivity index (χ1) is 34.5. The Hall–Kier alpha value is -6.42. The van der Waals surface area contributed by atoms with Gasteiger partial charge in [0.15, 0.2) is 0 Å². The monoisotopic (exact) mass is 688 g/mol. The van der Waals surface area contributed by atoms with Crippen LogP contribution in [-0.4, -0.2) is 9.13 Å². The molecule has 0 saturated heterocycles. The van der Waals surface area contributed by atoms with E-state index >= 15 is 0 Å². The van der Waals surface area contributed by atoms with Crippen LogP contribution >= 0.6 is 11.3 Å². The number of rotatable bonds is 4. The molecule has 8 aromatic carbocycles. The van der Waals surface area contributed by atoms with Gasteiger partial charge in [-0.15, -0.1) is 11.3 Å². The normalized spacial score (nSPS) is 18.0. The zero-order valence-electron chi connectivity index (χ0n) is 47.9. The maximum atomic E-state index is 9.87. The van der Waals surface area contributed by atoms with Gasteiger partial charge in [0.25, 0.3) is 0 Å². The minimum atomic E-state index is -0.675. The first kappa shape index (κ1) is 14.4. The number of para-hydroxylation sites is 3. The maximum Gasteiger partial charge on any atom is 0.0660 e. The quantitative estimate of drug-likeness (QED) is 0.174. The minimum absolute atomic E-state index is 0.0305. The topological polar surface area (TPSA) is 9.86 Å². The Labute approximate surface area is 329 Å². The molecule has 0 aliphatic carbocycles. The molecule has 0 aliphatic rings. The van der Waals surface area contributed by atoms with Crippen molar-refractivity contribution in [3.05, 3.63) is 181 Å². The van der Waals surface area contributed by atoms with Gasteiger partial charge in [-0.25, -0.2) is 0 Å². The summed E-state index contributed by atoms with van der Waals surface area (Å²) in [6.07, 6.45) is 0. The third-order valence-corrected chi connectivity index (χ3v) is 9.86. The predicted molar refractivity (Wildman–Crippen MR) is 219 cm³/mol. The molecule has 0 N–H and O–H groups in total. The van der Waals surface area contributed by atoms with Crippen LogP contribution in [0.5, 0.6) is 0 Å². The molecule has 3 heterocycles. The van der Waals surface area contributed by atoms with E-state index in [4.69, 9.17) is 17.8 Å². The number of nitrogens with zero attached hydrogens (tertiary/aromatic N) is 2. The molecule has 0 radical (unpaired) electrons. The summed E-state index contributed by atoms with van der Waals surface area (Å²) in [4.78, 5) is 0. The fourth-order valence-electron chi connectivity index (χ4n) is 6.66. The molecule has 0 bridgehead atoms. The highest BCUT2D eigenvalue weighted by Gasteiger charge is 2.17. The van der Waals surface area contributed by atoms with Gasteiger partial charge in [0.05, 0.1) is 52.2 Å². The molecule has 11 rings (SSSR count). The van der Waals surface area contributed by atoms with E-state index in [1.807, 2.05) is 0 Å². The molecule has 0 spiro atoms. The van der Waals surface area contributed by atoms with E-state index in [1.54, 1.807) is 30.3 Å². The Kier molecular flexibility index (Phi) is 3.13. The second-order valence-electron chi connectivity index (χ2n) is 11.6. The summed E-state index contributed by atoms with van der Waals surface area (Å²) in [7, 11) is 0. The highest BCUT2D eigenvalue weighted by atomic mass is 32.1. The highest BCUT2D eigenvalue weighted by Crippen LogP contribution is 2.42. The van der Waals surface area contributed by atoms with Crippen molar-refractivity contribution in [2.75, 3.05) is 0 Å². The number of hydrogen-bond acceptors (Lipinski definition) is 1. The third kappa shape index (κ3) is 4.29. The number of benzene rings is 8. The van der Waals surface area contributed by atoms with Crippen LogP contribution in [0.25, 0.3) is 97.4 Å². The van der Waals surface area contributed by atoms with Crippen LogP contribution in [0.2, 0.25) is 0 Å². The first-order valence-electron chi connectivity index (χ1n) is 26.6. The van der Waals surface area contributed by atoms with Crippen molar-refractivity contribution >= 4 is 75.1 Å². The Balaban J connectivity index is 1.27. The molecule has 238 valence electrons. The largest absolute Gasteiger partial charge is 0.309 e. The summed E-state index contributed by atoms with van der Waals surface area (Å²) >= 11 is 0.760. The molecule has 0 fully saturated rings. The second-order valence-corrected chi connectivity index (χ2v) is 12.6. The number of thiophene rings is 1. The van der Waals surface area contributed by atoms with E-state index in [-0.39, 0.29) is 80.6 Å². The molecule has 0 saturated carbocycles. The van der Waals surface area contributed by atoms with Crippen molar-refractivity contribution in [3.63, 3.8) is 0 Å². The molecule has 3 aromatic heterocycles. The van der Waals surface area contributed by atoms with Gasteiger partial charge < -0.3 is 9.13 Å². The lowest BCUT2D eigenvalue weighted by Crippen LogP contribution is -1.93. The third-order valence-electron chi connectivity index (χ3n) is 8.84. The zero-order valence-corrected chi connectivity index (χ0v) is 26.7. The number of fused-ring (bicyclic) bond motifs is 9. The molecular formula is C48H30N2S. The van der Waals surface area contributed by atoms with Gasteiger partial charge in [-0.05, 0) is 88.8 Å². The SMILES string of the molecule is [2H]c1cc(-c2c([2H])c([2H])c([2H])c3sc4c([2H])c(-n5c6cc([2H])c([2H])c([2H])c6c6c([2H])c(-c7c([2H])c([2H])c8c(c7[2H])c7c([2H])c([2H])c([2H])c([2H])c7n8-c7ccccc7)c([2H])cc65)c([2H])c([2H])c4c23)c([2H])c([2H])c1[2H]. The predicted octanol–water partition coefficient (Wildman–Crippen LogP) is 13.6. The zero-order chi connectivity index (χ0) is 52.6. The smallest absolute Gasteiger partial charge is 0.0660 e. The fourth-order valence-corrected chi connectivity index (χ4v) is 7.67. The molecule has 51 heavy (non-hydrogen) atoms. The molecule has 0 unspecified atom stereocenters. The van der Waals surface area contributed by atoms with Gasteiger partial charge in [0.1, 0.15) is 0 Å². The summed E-state index contributed by atoms with van der Waals surface area (Å²) in [5, 5.41) is -0.927. The lowest BCUT2D eigenvalue weighted by atomic mass is 9.99. The maximum absolute atomic E-state index is 9.87. The summed E-state index contributed by atoms with van der Waals surface area (Å²) in [5.41, 5.74) is -1.77. The molecule has 11 aromatic rings. The summed E-state index contributed by atoms with van der Waals surface area (Å²) in [6, 6.07) is -0.825. The van der Waals surface area contributed by atoms with E-state index in [0.717, 1.165) is 23.5 Å². The summed E-state index contributed by atoms with van der Waals surface area (Å²) in [5.74, 6) is 0.